The molecular weight excluding hydrogens is 280 g/mol. The van der Waals surface area contributed by atoms with E-state index < -0.39 is 0 Å². The number of rotatable bonds is 5. The molecule has 0 radical (unpaired) electrons. The minimum Gasteiger partial charge on any atom is -0.493 e. The lowest BCUT2D eigenvalue weighted by atomic mass is 10.2. The topological polar surface area (TPSA) is 52.5 Å². The highest BCUT2D eigenvalue weighted by Crippen LogP contribution is 2.30. The normalized spacial score (nSPS) is 10.4. The molecule has 1 heterocycles. The Balaban J connectivity index is 2.30. The number of anilines is 1. The van der Waals surface area contributed by atoms with Gasteiger partial charge in [0.05, 0.1) is 14.2 Å². The molecule has 5 heteroatoms. The first-order valence-corrected chi connectivity index (χ1v) is 7.21. The third kappa shape index (κ3) is 2.93. The number of carbonyl (C=O) groups excluding carboxylic acids is 1. The van der Waals surface area contributed by atoms with E-state index in [0.717, 1.165) is 17.8 Å². The number of benzene rings is 1. The van der Waals surface area contributed by atoms with Gasteiger partial charge in [0.2, 0.25) is 0 Å². The fourth-order valence-electron chi connectivity index (χ4n) is 2.66. The molecule has 1 aromatic carbocycles. The number of aromatic nitrogens is 1. The zero-order chi connectivity index (χ0) is 16.3. The Labute approximate surface area is 130 Å². The van der Waals surface area contributed by atoms with Crippen LogP contribution < -0.4 is 14.8 Å². The summed E-state index contributed by atoms with van der Waals surface area (Å²) >= 11 is 0. The first-order chi connectivity index (χ1) is 10.5. The molecule has 0 aliphatic rings. The molecule has 2 aromatic rings. The highest BCUT2D eigenvalue weighted by molar-refractivity contribution is 6.04. The van der Waals surface area contributed by atoms with E-state index in [9.17, 15) is 4.79 Å². The predicted molar refractivity (Wildman–Crippen MR) is 87.1 cm³/mol. The number of nitrogens with zero attached hydrogens (tertiary/aromatic N) is 1. The average molecular weight is 302 g/mol. The SMILES string of the molecule is CCn1c(C)cc(C)c1C(=O)Nc1ccc(OC)c(OC)c1. The third-order valence-corrected chi connectivity index (χ3v) is 3.67. The number of nitrogens with one attached hydrogen (secondary N) is 1. The predicted octanol–water partition coefficient (Wildman–Crippen LogP) is 3.39. The number of carbonyl (C=O) groups is 1. The van der Waals surface area contributed by atoms with Crippen molar-refractivity contribution in [1.82, 2.24) is 4.57 Å². The summed E-state index contributed by atoms with van der Waals surface area (Å²) in [6.07, 6.45) is 0. The Morgan fingerprint density at radius 3 is 2.41 bits per heavy atom. The van der Waals surface area contributed by atoms with Gasteiger partial charge in [-0.3, -0.25) is 4.79 Å². The van der Waals surface area contributed by atoms with Crippen LogP contribution in [0, 0.1) is 13.8 Å². The molecule has 5 nitrogen and oxygen atoms in total. The Hall–Kier alpha value is -2.43. The maximum Gasteiger partial charge on any atom is 0.272 e. The third-order valence-electron chi connectivity index (χ3n) is 3.67. The number of amides is 1. The van der Waals surface area contributed by atoms with Gasteiger partial charge in [0.1, 0.15) is 5.69 Å². The van der Waals surface area contributed by atoms with Crippen molar-refractivity contribution in [3.8, 4) is 11.5 Å². The average Bonchev–Trinajstić information content (AvgIpc) is 2.80. The Morgan fingerprint density at radius 1 is 1.14 bits per heavy atom. The molecule has 0 fully saturated rings. The van der Waals surface area contributed by atoms with Crippen molar-refractivity contribution in [3.63, 3.8) is 0 Å². The lowest BCUT2D eigenvalue weighted by Gasteiger charge is -2.13. The van der Waals surface area contributed by atoms with Crippen LogP contribution in [0.1, 0.15) is 28.7 Å². The molecular formula is C17H22N2O3. The molecule has 1 aromatic heterocycles. The molecule has 1 amide bonds. The van der Waals surface area contributed by atoms with Gasteiger partial charge in [0.25, 0.3) is 5.91 Å². The summed E-state index contributed by atoms with van der Waals surface area (Å²) in [6, 6.07) is 7.33. The van der Waals surface area contributed by atoms with Crippen LogP contribution in [0.5, 0.6) is 11.5 Å². The smallest absolute Gasteiger partial charge is 0.272 e. The van der Waals surface area contributed by atoms with Crippen molar-refractivity contribution in [1.29, 1.82) is 0 Å². The van der Waals surface area contributed by atoms with E-state index >= 15 is 0 Å². The van der Waals surface area contributed by atoms with Gasteiger partial charge in [-0.2, -0.15) is 0 Å². The van der Waals surface area contributed by atoms with Crippen molar-refractivity contribution < 1.29 is 14.3 Å². The van der Waals surface area contributed by atoms with Gasteiger partial charge in [0.15, 0.2) is 11.5 Å². The van der Waals surface area contributed by atoms with Crippen LogP contribution in [0.4, 0.5) is 5.69 Å². The summed E-state index contributed by atoms with van der Waals surface area (Å²) in [4.78, 5) is 12.6. The van der Waals surface area contributed by atoms with Gasteiger partial charge < -0.3 is 19.4 Å². The maximum absolute atomic E-state index is 12.6. The summed E-state index contributed by atoms with van der Waals surface area (Å²) in [5, 5.41) is 2.92. The monoisotopic (exact) mass is 302 g/mol. The van der Waals surface area contributed by atoms with E-state index in [-0.39, 0.29) is 5.91 Å². The van der Waals surface area contributed by atoms with Crippen molar-refractivity contribution in [2.45, 2.75) is 27.3 Å². The number of aryl methyl sites for hydroxylation is 2. The van der Waals surface area contributed by atoms with E-state index in [1.165, 1.54) is 0 Å². The quantitative estimate of drug-likeness (QED) is 0.921. The number of hydrogen-bond donors (Lipinski definition) is 1. The summed E-state index contributed by atoms with van der Waals surface area (Å²) in [6.45, 7) is 6.74. The fraction of sp³-hybridized carbons (Fsp3) is 0.353. The molecule has 0 aliphatic heterocycles. The standard InChI is InChI=1S/C17H22N2O3/c1-6-19-12(3)9-11(2)16(19)17(20)18-13-7-8-14(21-4)15(10-13)22-5/h7-10H,6H2,1-5H3,(H,18,20). The maximum atomic E-state index is 12.6. The molecule has 22 heavy (non-hydrogen) atoms. The molecule has 118 valence electrons. The van der Waals surface area contributed by atoms with Crippen LogP contribution in [0.3, 0.4) is 0 Å². The van der Waals surface area contributed by atoms with Gasteiger partial charge in [-0.25, -0.2) is 0 Å². The van der Waals surface area contributed by atoms with Gasteiger partial charge >= 0.3 is 0 Å². The van der Waals surface area contributed by atoms with Gasteiger partial charge in [-0.05, 0) is 44.5 Å². The van der Waals surface area contributed by atoms with Crippen LogP contribution in [0.2, 0.25) is 0 Å². The van der Waals surface area contributed by atoms with Crippen LogP contribution >= 0.6 is 0 Å². The molecule has 0 atom stereocenters. The zero-order valence-electron chi connectivity index (χ0n) is 13.7. The van der Waals surface area contributed by atoms with E-state index in [2.05, 4.69) is 5.32 Å². The second-order valence-electron chi connectivity index (χ2n) is 5.09. The fourth-order valence-corrected chi connectivity index (χ4v) is 2.66. The highest BCUT2D eigenvalue weighted by Gasteiger charge is 2.17. The van der Waals surface area contributed by atoms with Crippen LogP contribution in [0.25, 0.3) is 0 Å². The van der Waals surface area contributed by atoms with Crippen molar-refractivity contribution >= 4 is 11.6 Å². The highest BCUT2D eigenvalue weighted by atomic mass is 16.5. The molecule has 2 rings (SSSR count). The van der Waals surface area contributed by atoms with Gasteiger partial charge in [-0.15, -0.1) is 0 Å². The Morgan fingerprint density at radius 2 is 1.82 bits per heavy atom. The lowest BCUT2D eigenvalue weighted by molar-refractivity contribution is 0.101. The molecule has 0 bridgehead atoms. The molecule has 0 saturated carbocycles. The number of hydrogen-bond acceptors (Lipinski definition) is 3. The summed E-state index contributed by atoms with van der Waals surface area (Å²) in [5.74, 6) is 1.09. The minimum absolute atomic E-state index is 0.125. The van der Waals surface area contributed by atoms with E-state index in [1.807, 2.05) is 31.4 Å². The first-order valence-electron chi connectivity index (χ1n) is 7.21. The molecule has 0 saturated heterocycles. The molecule has 0 aliphatic carbocycles. The van der Waals surface area contributed by atoms with E-state index in [1.54, 1.807) is 32.4 Å². The van der Waals surface area contributed by atoms with Crippen LogP contribution in [-0.2, 0) is 6.54 Å². The van der Waals surface area contributed by atoms with Crippen molar-refractivity contribution in [3.05, 3.63) is 41.2 Å². The second kappa shape index (κ2) is 6.56. The summed E-state index contributed by atoms with van der Waals surface area (Å²) in [7, 11) is 3.15. The van der Waals surface area contributed by atoms with Gasteiger partial charge in [0, 0.05) is 24.0 Å². The first kappa shape index (κ1) is 15.9. The molecule has 1 N–H and O–H groups in total. The molecule has 0 unspecified atom stereocenters. The Bertz CT molecular complexity index is 689. The summed E-state index contributed by atoms with van der Waals surface area (Å²) in [5.41, 5.74) is 3.41. The largest absolute Gasteiger partial charge is 0.493 e. The number of ether oxygens (including phenoxy) is 2. The van der Waals surface area contributed by atoms with Crippen LogP contribution in [-0.4, -0.2) is 24.7 Å². The molecule has 0 spiro atoms. The summed E-state index contributed by atoms with van der Waals surface area (Å²) < 4.78 is 12.5. The zero-order valence-corrected chi connectivity index (χ0v) is 13.7. The van der Waals surface area contributed by atoms with E-state index in [0.29, 0.717) is 22.9 Å². The van der Waals surface area contributed by atoms with Crippen molar-refractivity contribution in [2.24, 2.45) is 0 Å². The van der Waals surface area contributed by atoms with Gasteiger partial charge in [-0.1, -0.05) is 0 Å². The van der Waals surface area contributed by atoms with Crippen molar-refractivity contribution in [2.75, 3.05) is 19.5 Å². The number of methoxy groups -OCH3 is 2. The van der Waals surface area contributed by atoms with E-state index in [4.69, 9.17) is 9.47 Å². The Kier molecular flexibility index (Phi) is 4.75. The second-order valence-corrected chi connectivity index (χ2v) is 5.09. The van der Waals surface area contributed by atoms with Crippen LogP contribution in [0.15, 0.2) is 24.3 Å². The lowest BCUT2D eigenvalue weighted by Crippen LogP contribution is -2.18. The minimum atomic E-state index is -0.125.